The molecular weight excluding hydrogens is 186 g/mol. The molecule has 0 amide bonds. The molecule has 1 aromatic rings. The van der Waals surface area contributed by atoms with E-state index in [0.29, 0.717) is 0 Å². The molecule has 3 nitrogen and oxygen atoms in total. The molecule has 1 saturated carbocycles. The van der Waals surface area contributed by atoms with Gasteiger partial charge in [0, 0.05) is 19.8 Å². The molecule has 1 aliphatic carbocycles. The fraction of sp³-hybridized carbons (Fsp3) is 0.583. The first kappa shape index (κ1) is 10.4. The maximum atomic E-state index is 5.50. The number of hydrogen-bond acceptors (Lipinski definition) is 3. The van der Waals surface area contributed by atoms with Crippen LogP contribution in [0.3, 0.4) is 0 Å². The summed E-state index contributed by atoms with van der Waals surface area (Å²) in [7, 11) is 2.08. The number of hydrogen-bond donors (Lipinski definition) is 1. The molecule has 82 valence electrons. The van der Waals surface area contributed by atoms with Crippen molar-refractivity contribution in [3.63, 3.8) is 0 Å². The summed E-state index contributed by atoms with van der Waals surface area (Å²) in [6, 6.07) is 4.35. The SMILES string of the molecule is CN(CCCN)c1cc(C2CC2)ccn1. The van der Waals surface area contributed by atoms with Crippen LogP contribution < -0.4 is 10.6 Å². The highest BCUT2D eigenvalue weighted by Crippen LogP contribution is 2.40. The molecule has 0 atom stereocenters. The van der Waals surface area contributed by atoms with Gasteiger partial charge in [0.1, 0.15) is 5.82 Å². The Bertz CT molecular complexity index is 320. The summed E-state index contributed by atoms with van der Waals surface area (Å²) < 4.78 is 0. The Hall–Kier alpha value is -1.09. The quantitative estimate of drug-likeness (QED) is 0.796. The smallest absolute Gasteiger partial charge is 0.128 e. The van der Waals surface area contributed by atoms with Crippen molar-refractivity contribution in [2.45, 2.75) is 25.2 Å². The second-order valence-corrected chi connectivity index (χ2v) is 4.29. The summed E-state index contributed by atoms with van der Waals surface area (Å²) in [5.74, 6) is 1.88. The van der Waals surface area contributed by atoms with Crippen molar-refractivity contribution in [1.82, 2.24) is 4.98 Å². The van der Waals surface area contributed by atoms with Gasteiger partial charge in [0.2, 0.25) is 0 Å². The summed E-state index contributed by atoms with van der Waals surface area (Å²) in [6.07, 6.45) is 5.62. The van der Waals surface area contributed by atoms with Gasteiger partial charge in [0.25, 0.3) is 0 Å². The lowest BCUT2D eigenvalue weighted by Gasteiger charge is -2.18. The molecule has 2 N–H and O–H groups in total. The number of rotatable bonds is 5. The van der Waals surface area contributed by atoms with Crippen molar-refractivity contribution >= 4 is 5.82 Å². The van der Waals surface area contributed by atoms with Gasteiger partial charge in [-0.25, -0.2) is 4.98 Å². The Morgan fingerprint density at radius 2 is 2.33 bits per heavy atom. The third-order valence-electron chi connectivity index (χ3n) is 2.91. The highest BCUT2D eigenvalue weighted by molar-refractivity contribution is 5.42. The van der Waals surface area contributed by atoms with Crippen molar-refractivity contribution in [3.05, 3.63) is 23.9 Å². The maximum absolute atomic E-state index is 5.50. The van der Waals surface area contributed by atoms with Gasteiger partial charge in [0.15, 0.2) is 0 Å². The first-order valence-corrected chi connectivity index (χ1v) is 5.68. The normalized spacial score (nSPS) is 15.3. The van der Waals surface area contributed by atoms with Crippen LogP contribution in [-0.4, -0.2) is 25.1 Å². The van der Waals surface area contributed by atoms with Crippen molar-refractivity contribution in [2.24, 2.45) is 5.73 Å². The van der Waals surface area contributed by atoms with Crippen molar-refractivity contribution in [2.75, 3.05) is 25.0 Å². The zero-order chi connectivity index (χ0) is 10.7. The van der Waals surface area contributed by atoms with Gasteiger partial charge in [0.05, 0.1) is 0 Å². The Balaban J connectivity index is 2.02. The minimum Gasteiger partial charge on any atom is -0.360 e. The molecule has 0 unspecified atom stereocenters. The van der Waals surface area contributed by atoms with E-state index in [9.17, 15) is 0 Å². The minimum absolute atomic E-state index is 0.743. The maximum Gasteiger partial charge on any atom is 0.128 e. The summed E-state index contributed by atoms with van der Waals surface area (Å²) in [6.45, 7) is 1.73. The largest absolute Gasteiger partial charge is 0.360 e. The van der Waals surface area contributed by atoms with Crippen LogP contribution in [0.1, 0.15) is 30.7 Å². The molecule has 0 radical (unpaired) electrons. The molecule has 2 rings (SSSR count). The van der Waals surface area contributed by atoms with E-state index < -0.39 is 0 Å². The van der Waals surface area contributed by atoms with Gasteiger partial charge in [-0.05, 0) is 49.4 Å². The number of pyridine rings is 1. The Morgan fingerprint density at radius 3 is 3.00 bits per heavy atom. The third-order valence-corrected chi connectivity index (χ3v) is 2.91. The van der Waals surface area contributed by atoms with Crippen LogP contribution in [-0.2, 0) is 0 Å². The van der Waals surface area contributed by atoms with Crippen LogP contribution >= 0.6 is 0 Å². The van der Waals surface area contributed by atoms with Crippen LogP contribution in [0, 0.1) is 0 Å². The molecular formula is C12H19N3. The molecule has 0 aromatic carbocycles. The molecule has 0 spiro atoms. The van der Waals surface area contributed by atoms with E-state index in [1.54, 1.807) is 0 Å². The van der Waals surface area contributed by atoms with Gasteiger partial charge >= 0.3 is 0 Å². The van der Waals surface area contributed by atoms with Gasteiger partial charge in [-0.15, -0.1) is 0 Å². The fourth-order valence-electron chi connectivity index (χ4n) is 1.76. The summed E-state index contributed by atoms with van der Waals surface area (Å²) >= 11 is 0. The number of aromatic nitrogens is 1. The highest BCUT2D eigenvalue weighted by atomic mass is 15.2. The van der Waals surface area contributed by atoms with Crippen LogP contribution in [0.5, 0.6) is 0 Å². The van der Waals surface area contributed by atoms with E-state index in [-0.39, 0.29) is 0 Å². The third kappa shape index (κ3) is 2.69. The lowest BCUT2D eigenvalue weighted by molar-refractivity contribution is 0.786. The molecule has 0 bridgehead atoms. The summed E-state index contributed by atoms with van der Waals surface area (Å²) in [5, 5.41) is 0. The minimum atomic E-state index is 0.743. The Morgan fingerprint density at radius 1 is 1.53 bits per heavy atom. The van der Waals surface area contributed by atoms with Crippen LogP contribution in [0.25, 0.3) is 0 Å². The average molecular weight is 205 g/mol. The summed E-state index contributed by atoms with van der Waals surface area (Å²) in [5.41, 5.74) is 6.94. The monoisotopic (exact) mass is 205 g/mol. The van der Waals surface area contributed by atoms with E-state index in [1.165, 1.54) is 18.4 Å². The molecule has 1 heterocycles. The predicted octanol–water partition coefficient (Wildman–Crippen LogP) is 1.74. The number of anilines is 1. The number of nitrogens with two attached hydrogens (primary N) is 1. The predicted molar refractivity (Wildman–Crippen MR) is 63.2 cm³/mol. The standard InChI is InChI=1S/C12H19N3/c1-15(8-2-6-13)12-9-11(5-7-14-12)10-3-4-10/h5,7,9-10H,2-4,6,8,13H2,1H3. The van der Waals surface area contributed by atoms with Gasteiger partial charge in [-0.2, -0.15) is 0 Å². The van der Waals surface area contributed by atoms with E-state index in [0.717, 1.165) is 31.2 Å². The van der Waals surface area contributed by atoms with E-state index >= 15 is 0 Å². The molecule has 1 aromatic heterocycles. The first-order chi connectivity index (χ1) is 7.31. The van der Waals surface area contributed by atoms with Crippen LogP contribution in [0.4, 0.5) is 5.82 Å². The first-order valence-electron chi connectivity index (χ1n) is 5.68. The van der Waals surface area contributed by atoms with Crippen LogP contribution in [0.2, 0.25) is 0 Å². The summed E-state index contributed by atoms with van der Waals surface area (Å²) in [4.78, 5) is 6.57. The topological polar surface area (TPSA) is 42.1 Å². The van der Waals surface area contributed by atoms with Gasteiger partial charge in [-0.1, -0.05) is 0 Å². The van der Waals surface area contributed by atoms with Gasteiger partial charge in [-0.3, -0.25) is 0 Å². The second kappa shape index (κ2) is 4.62. The van der Waals surface area contributed by atoms with Crippen molar-refractivity contribution < 1.29 is 0 Å². The molecule has 0 saturated heterocycles. The molecule has 1 fully saturated rings. The Kier molecular flexibility index (Phi) is 3.21. The zero-order valence-electron chi connectivity index (χ0n) is 9.32. The molecule has 15 heavy (non-hydrogen) atoms. The van der Waals surface area contributed by atoms with E-state index in [2.05, 4.69) is 29.1 Å². The second-order valence-electron chi connectivity index (χ2n) is 4.29. The van der Waals surface area contributed by atoms with Crippen molar-refractivity contribution in [3.8, 4) is 0 Å². The zero-order valence-corrected chi connectivity index (χ0v) is 9.32. The van der Waals surface area contributed by atoms with Crippen LogP contribution in [0.15, 0.2) is 18.3 Å². The Labute approximate surface area is 91.3 Å². The van der Waals surface area contributed by atoms with Crippen molar-refractivity contribution in [1.29, 1.82) is 0 Å². The molecule has 0 aliphatic heterocycles. The molecule has 3 heteroatoms. The highest BCUT2D eigenvalue weighted by Gasteiger charge is 2.23. The lowest BCUT2D eigenvalue weighted by atomic mass is 10.2. The van der Waals surface area contributed by atoms with E-state index in [1.807, 2.05) is 6.20 Å². The van der Waals surface area contributed by atoms with E-state index in [4.69, 9.17) is 5.73 Å². The van der Waals surface area contributed by atoms with Gasteiger partial charge < -0.3 is 10.6 Å². The average Bonchev–Trinajstić information content (AvgIpc) is 3.10. The number of nitrogens with zero attached hydrogens (tertiary/aromatic N) is 2. The lowest BCUT2D eigenvalue weighted by Crippen LogP contribution is -2.22. The fourth-order valence-corrected chi connectivity index (χ4v) is 1.76. The molecule has 1 aliphatic rings.